The second kappa shape index (κ2) is 4.96. The average molecular weight is 205 g/mol. The Kier molecular flexibility index (Phi) is 3.89. The second-order valence-corrected chi connectivity index (χ2v) is 3.97. The summed E-state index contributed by atoms with van der Waals surface area (Å²) in [6, 6.07) is 0. The molecule has 82 valence electrons. The number of nitrogens with zero attached hydrogens (tertiary/aromatic N) is 1. The highest BCUT2D eigenvalue weighted by Crippen LogP contribution is 2.33. The van der Waals surface area contributed by atoms with Gasteiger partial charge in [0, 0.05) is 19.2 Å². The van der Waals surface area contributed by atoms with Gasteiger partial charge in [-0.2, -0.15) is 0 Å². The number of hydrogen-bond acceptors (Lipinski definition) is 1. The molecule has 0 spiro atoms. The molecular formula is C13H19NO. The number of carbonyl (C=O) groups is 1. The molecule has 0 heterocycles. The van der Waals surface area contributed by atoms with Crippen LogP contribution in [0, 0.1) is 0 Å². The lowest BCUT2D eigenvalue weighted by molar-refractivity contribution is -0.127. The summed E-state index contributed by atoms with van der Waals surface area (Å²) in [7, 11) is 1.84. The largest absolute Gasteiger partial charge is 0.316 e. The van der Waals surface area contributed by atoms with E-state index in [1.165, 1.54) is 5.57 Å². The highest BCUT2D eigenvalue weighted by molar-refractivity contribution is 5.78. The van der Waals surface area contributed by atoms with Gasteiger partial charge >= 0.3 is 0 Å². The molecule has 15 heavy (non-hydrogen) atoms. The third-order valence-electron chi connectivity index (χ3n) is 2.43. The maximum Gasteiger partial charge on any atom is 0.226 e. The molecule has 1 rings (SSSR count). The van der Waals surface area contributed by atoms with Crippen LogP contribution in [0.2, 0.25) is 0 Å². The Morgan fingerprint density at radius 1 is 1.47 bits per heavy atom. The molecule has 0 aromatic heterocycles. The molecular weight excluding hydrogens is 186 g/mol. The van der Waals surface area contributed by atoms with Gasteiger partial charge in [0.1, 0.15) is 0 Å². The first-order chi connectivity index (χ1) is 7.06. The van der Waals surface area contributed by atoms with Gasteiger partial charge in [-0.05, 0) is 31.4 Å². The third kappa shape index (κ3) is 3.39. The monoisotopic (exact) mass is 205 g/mol. The first-order valence-electron chi connectivity index (χ1n) is 5.38. The lowest BCUT2D eigenvalue weighted by atomic mass is 10.2. The summed E-state index contributed by atoms with van der Waals surface area (Å²) in [6.07, 6.45) is 6.75. The zero-order valence-electron chi connectivity index (χ0n) is 9.84. The molecule has 0 aromatic rings. The van der Waals surface area contributed by atoms with Gasteiger partial charge < -0.3 is 4.90 Å². The van der Waals surface area contributed by atoms with E-state index in [2.05, 4.69) is 6.58 Å². The maximum atomic E-state index is 11.6. The molecule has 1 saturated carbocycles. The summed E-state index contributed by atoms with van der Waals surface area (Å²) in [5.41, 5.74) is 3.44. The number of allylic oxidation sites excluding steroid dienone is 4. The highest BCUT2D eigenvalue weighted by atomic mass is 16.2. The summed E-state index contributed by atoms with van der Waals surface area (Å²) in [5.74, 6) is 0.163. The Morgan fingerprint density at radius 2 is 2.07 bits per heavy atom. The molecule has 0 bridgehead atoms. The minimum atomic E-state index is 0.163. The minimum Gasteiger partial charge on any atom is -0.316 e. The smallest absolute Gasteiger partial charge is 0.226 e. The predicted molar refractivity (Wildman–Crippen MR) is 63.3 cm³/mol. The number of rotatable bonds is 4. The molecule has 2 heteroatoms. The van der Waals surface area contributed by atoms with Gasteiger partial charge in [-0.25, -0.2) is 0 Å². The molecule has 1 aliphatic rings. The van der Waals surface area contributed by atoms with Crippen molar-refractivity contribution in [3.05, 3.63) is 35.6 Å². The fraction of sp³-hybridized carbons (Fsp3) is 0.462. The maximum absolute atomic E-state index is 11.6. The molecule has 1 aliphatic carbocycles. The van der Waals surface area contributed by atoms with E-state index in [1.807, 2.05) is 33.0 Å². The number of carbonyl (C=O) groups excluding carboxylic acids is 1. The van der Waals surface area contributed by atoms with E-state index in [0.717, 1.165) is 24.1 Å². The van der Waals surface area contributed by atoms with Gasteiger partial charge in [0.05, 0.1) is 0 Å². The van der Waals surface area contributed by atoms with Crippen molar-refractivity contribution in [3.63, 3.8) is 0 Å². The normalized spacial score (nSPS) is 14.2. The van der Waals surface area contributed by atoms with Crippen LogP contribution in [0.5, 0.6) is 0 Å². The van der Waals surface area contributed by atoms with Crippen molar-refractivity contribution >= 4 is 5.91 Å². The third-order valence-corrected chi connectivity index (χ3v) is 2.43. The van der Waals surface area contributed by atoms with E-state index in [4.69, 9.17) is 0 Å². The number of likely N-dealkylation sites (N-methyl/N-ethyl adjacent to an activating group) is 1. The highest BCUT2D eigenvalue weighted by Gasteiger charge is 2.21. The van der Waals surface area contributed by atoms with E-state index in [0.29, 0.717) is 6.42 Å². The topological polar surface area (TPSA) is 20.3 Å². The van der Waals surface area contributed by atoms with Crippen LogP contribution in [0.15, 0.2) is 35.6 Å². The first kappa shape index (κ1) is 11.8. The van der Waals surface area contributed by atoms with Crippen molar-refractivity contribution in [2.75, 3.05) is 7.05 Å². The average Bonchev–Trinajstić information content (AvgIpc) is 3.00. The fourth-order valence-electron chi connectivity index (χ4n) is 1.38. The molecule has 0 aliphatic heterocycles. The predicted octanol–water partition coefficient (Wildman–Crippen LogP) is 3.04. The van der Waals surface area contributed by atoms with E-state index < -0.39 is 0 Å². The summed E-state index contributed by atoms with van der Waals surface area (Å²) in [5, 5.41) is 0. The Hall–Kier alpha value is -1.31. The fourth-order valence-corrected chi connectivity index (χ4v) is 1.38. The molecule has 0 unspecified atom stereocenters. The molecule has 0 atom stereocenters. The minimum absolute atomic E-state index is 0.163. The lowest BCUT2D eigenvalue weighted by Gasteiger charge is -2.17. The molecule has 0 aromatic carbocycles. The van der Waals surface area contributed by atoms with Crippen molar-refractivity contribution in [1.82, 2.24) is 4.90 Å². The van der Waals surface area contributed by atoms with Crippen LogP contribution in [-0.2, 0) is 4.79 Å². The Balaban J connectivity index is 2.81. The molecule has 0 N–H and O–H groups in total. The molecule has 0 saturated heterocycles. The van der Waals surface area contributed by atoms with Crippen LogP contribution < -0.4 is 0 Å². The molecule has 2 nitrogen and oxygen atoms in total. The Bertz CT molecular complexity index is 330. The van der Waals surface area contributed by atoms with Crippen molar-refractivity contribution in [1.29, 1.82) is 0 Å². The van der Waals surface area contributed by atoms with Crippen molar-refractivity contribution in [3.8, 4) is 0 Å². The summed E-state index contributed by atoms with van der Waals surface area (Å²) >= 11 is 0. The van der Waals surface area contributed by atoms with Crippen LogP contribution in [0.1, 0.15) is 33.1 Å². The Labute approximate surface area is 92.0 Å². The summed E-state index contributed by atoms with van der Waals surface area (Å²) in [6.45, 7) is 7.66. The van der Waals surface area contributed by atoms with Gasteiger partial charge in [-0.1, -0.05) is 25.2 Å². The van der Waals surface area contributed by atoms with Gasteiger partial charge in [-0.3, -0.25) is 4.79 Å². The van der Waals surface area contributed by atoms with E-state index in [1.54, 1.807) is 4.90 Å². The second-order valence-electron chi connectivity index (χ2n) is 3.97. The van der Waals surface area contributed by atoms with Crippen molar-refractivity contribution < 1.29 is 4.79 Å². The number of amides is 1. The van der Waals surface area contributed by atoms with Gasteiger partial charge in [0.2, 0.25) is 5.91 Å². The van der Waals surface area contributed by atoms with Gasteiger partial charge in [0.25, 0.3) is 0 Å². The summed E-state index contributed by atoms with van der Waals surface area (Å²) in [4.78, 5) is 13.3. The quantitative estimate of drug-likeness (QED) is 0.646. The lowest BCUT2D eigenvalue weighted by Crippen LogP contribution is -2.24. The number of hydrogen-bond donors (Lipinski definition) is 0. The van der Waals surface area contributed by atoms with Gasteiger partial charge in [0.15, 0.2) is 0 Å². The van der Waals surface area contributed by atoms with Gasteiger partial charge in [-0.15, -0.1) is 0 Å². The van der Waals surface area contributed by atoms with E-state index in [9.17, 15) is 4.79 Å². The standard InChI is InChI=1S/C13H19NO/c1-5-13(15)14(4)12(11-7-8-11)9-6-10(2)3/h6,9H,2,5,7-8H2,1,3-4H3/b9-6-. The molecule has 0 radical (unpaired) electrons. The zero-order valence-corrected chi connectivity index (χ0v) is 9.84. The van der Waals surface area contributed by atoms with E-state index in [-0.39, 0.29) is 5.91 Å². The Morgan fingerprint density at radius 3 is 2.47 bits per heavy atom. The van der Waals surface area contributed by atoms with Crippen LogP contribution in [0.25, 0.3) is 0 Å². The van der Waals surface area contributed by atoms with Crippen molar-refractivity contribution in [2.24, 2.45) is 0 Å². The molecule has 1 amide bonds. The zero-order chi connectivity index (χ0) is 11.4. The first-order valence-corrected chi connectivity index (χ1v) is 5.38. The van der Waals surface area contributed by atoms with E-state index >= 15 is 0 Å². The summed E-state index contributed by atoms with van der Waals surface area (Å²) < 4.78 is 0. The SMILES string of the molecule is C=C(C)/C=C\C(=C1CC1)N(C)C(=O)CC. The van der Waals surface area contributed by atoms with Crippen LogP contribution in [-0.4, -0.2) is 17.9 Å². The van der Waals surface area contributed by atoms with Crippen molar-refractivity contribution in [2.45, 2.75) is 33.1 Å². The van der Waals surface area contributed by atoms with Crippen LogP contribution >= 0.6 is 0 Å². The van der Waals surface area contributed by atoms with Crippen LogP contribution in [0.4, 0.5) is 0 Å². The molecule has 1 fully saturated rings. The van der Waals surface area contributed by atoms with Crippen LogP contribution in [0.3, 0.4) is 0 Å².